The molecule has 0 fully saturated rings. The second-order valence-electron chi connectivity index (χ2n) is 4.24. The minimum Gasteiger partial charge on any atom is -0.389 e. The van der Waals surface area contributed by atoms with Crippen molar-refractivity contribution in [3.63, 3.8) is 0 Å². The Hall–Kier alpha value is -0.970. The largest absolute Gasteiger partial charge is 0.389 e. The van der Waals surface area contributed by atoms with Crippen molar-refractivity contribution < 1.29 is 4.74 Å². The van der Waals surface area contributed by atoms with E-state index in [0.29, 0.717) is 4.99 Å². The van der Waals surface area contributed by atoms with E-state index in [1.165, 1.54) is 11.1 Å². The molecule has 0 aliphatic rings. The summed E-state index contributed by atoms with van der Waals surface area (Å²) in [5.41, 5.74) is 9.05. The summed E-state index contributed by atoms with van der Waals surface area (Å²) in [4.78, 5) is 2.68. The van der Waals surface area contributed by atoms with Crippen LogP contribution in [0.1, 0.15) is 16.7 Å². The predicted molar refractivity (Wildman–Crippen MR) is 75.3 cm³/mol. The molecule has 0 aliphatic heterocycles. The molecule has 0 saturated heterocycles. The third kappa shape index (κ3) is 4.42. The monoisotopic (exact) mass is 252 g/mol. The highest BCUT2D eigenvalue weighted by atomic mass is 32.1. The van der Waals surface area contributed by atoms with Gasteiger partial charge in [-0.15, -0.1) is 0 Å². The molecule has 4 heteroatoms. The first-order valence-electron chi connectivity index (χ1n) is 5.61. The number of benzene rings is 1. The van der Waals surface area contributed by atoms with E-state index in [1.54, 1.807) is 7.11 Å². The number of likely N-dealkylation sites (N-methyl/N-ethyl adjacent to an activating group) is 1. The molecule has 0 unspecified atom stereocenters. The van der Waals surface area contributed by atoms with Crippen molar-refractivity contribution >= 4 is 17.2 Å². The molecular formula is C13H20N2OS. The molecule has 0 radical (unpaired) electrons. The normalized spacial score (nSPS) is 10.8. The van der Waals surface area contributed by atoms with E-state index in [1.807, 2.05) is 12.1 Å². The minimum atomic E-state index is 0.451. The Morgan fingerprint density at radius 1 is 1.47 bits per heavy atom. The first-order valence-corrected chi connectivity index (χ1v) is 6.02. The fourth-order valence-electron chi connectivity index (χ4n) is 1.64. The molecule has 0 amide bonds. The van der Waals surface area contributed by atoms with Gasteiger partial charge in [-0.1, -0.05) is 24.4 Å². The SMILES string of the molecule is COCCN(C)Cc1ccc(C(N)=S)cc1C. The number of nitrogens with zero attached hydrogens (tertiary/aromatic N) is 1. The van der Waals surface area contributed by atoms with Crippen molar-refractivity contribution in [2.45, 2.75) is 13.5 Å². The average molecular weight is 252 g/mol. The molecule has 1 rings (SSSR count). The van der Waals surface area contributed by atoms with Crippen LogP contribution in [0.5, 0.6) is 0 Å². The highest BCUT2D eigenvalue weighted by Gasteiger charge is 2.05. The molecule has 0 bridgehead atoms. The van der Waals surface area contributed by atoms with Crippen LogP contribution in [0.4, 0.5) is 0 Å². The van der Waals surface area contributed by atoms with Crippen LogP contribution < -0.4 is 5.73 Å². The van der Waals surface area contributed by atoms with E-state index in [4.69, 9.17) is 22.7 Å². The summed E-state index contributed by atoms with van der Waals surface area (Å²) in [6.07, 6.45) is 0. The molecule has 3 nitrogen and oxygen atoms in total. The number of thiocarbonyl (C=S) groups is 1. The van der Waals surface area contributed by atoms with Gasteiger partial charge >= 0.3 is 0 Å². The minimum absolute atomic E-state index is 0.451. The maximum absolute atomic E-state index is 5.60. The van der Waals surface area contributed by atoms with E-state index >= 15 is 0 Å². The van der Waals surface area contributed by atoms with Crippen LogP contribution in [0.25, 0.3) is 0 Å². The summed E-state index contributed by atoms with van der Waals surface area (Å²) in [6.45, 7) is 4.67. The maximum Gasteiger partial charge on any atom is 0.103 e. The zero-order valence-corrected chi connectivity index (χ0v) is 11.5. The fourth-order valence-corrected chi connectivity index (χ4v) is 1.77. The van der Waals surface area contributed by atoms with Crippen LogP contribution >= 0.6 is 12.2 Å². The number of rotatable bonds is 6. The van der Waals surface area contributed by atoms with Gasteiger partial charge in [0.15, 0.2) is 0 Å². The second-order valence-corrected chi connectivity index (χ2v) is 4.68. The standard InChI is InChI=1S/C13H20N2OS/c1-10-8-11(13(14)17)4-5-12(10)9-15(2)6-7-16-3/h4-5,8H,6-7,9H2,1-3H3,(H2,14,17). The molecule has 0 atom stereocenters. The Balaban J connectivity index is 2.69. The molecule has 0 aromatic heterocycles. The number of methoxy groups -OCH3 is 1. The van der Waals surface area contributed by atoms with Crippen molar-refractivity contribution in [2.24, 2.45) is 5.73 Å². The second kappa shape index (κ2) is 6.69. The molecule has 1 aromatic rings. The van der Waals surface area contributed by atoms with Crippen molar-refractivity contribution in [1.82, 2.24) is 4.90 Å². The topological polar surface area (TPSA) is 38.5 Å². The average Bonchev–Trinajstić information content (AvgIpc) is 2.28. The maximum atomic E-state index is 5.60. The van der Waals surface area contributed by atoms with Crippen LogP contribution in [0.3, 0.4) is 0 Å². The molecule has 0 aliphatic carbocycles. The van der Waals surface area contributed by atoms with Crippen LogP contribution in [0, 0.1) is 6.92 Å². The lowest BCUT2D eigenvalue weighted by atomic mass is 10.0. The van der Waals surface area contributed by atoms with Gasteiger partial charge in [0.25, 0.3) is 0 Å². The van der Waals surface area contributed by atoms with Gasteiger partial charge in [0, 0.05) is 25.8 Å². The molecule has 1 aromatic carbocycles. The van der Waals surface area contributed by atoms with Crippen molar-refractivity contribution in [2.75, 3.05) is 27.3 Å². The fraction of sp³-hybridized carbons (Fsp3) is 0.462. The molecular weight excluding hydrogens is 232 g/mol. The molecule has 94 valence electrons. The first-order chi connectivity index (χ1) is 8.04. The molecule has 17 heavy (non-hydrogen) atoms. The molecule has 0 saturated carbocycles. The van der Waals surface area contributed by atoms with Crippen LogP contribution in [0.15, 0.2) is 18.2 Å². The summed E-state index contributed by atoms with van der Waals surface area (Å²) >= 11 is 4.96. The lowest BCUT2D eigenvalue weighted by Crippen LogP contribution is -2.22. The molecule has 0 spiro atoms. The number of ether oxygens (including phenoxy) is 1. The van der Waals surface area contributed by atoms with E-state index in [2.05, 4.69) is 24.9 Å². The summed E-state index contributed by atoms with van der Waals surface area (Å²) < 4.78 is 5.06. The van der Waals surface area contributed by atoms with Gasteiger partial charge in [0.05, 0.1) is 6.61 Å². The van der Waals surface area contributed by atoms with Gasteiger partial charge in [0.1, 0.15) is 4.99 Å². The quantitative estimate of drug-likeness (QED) is 0.782. The zero-order valence-electron chi connectivity index (χ0n) is 10.7. The predicted octanol–water partition coefficient (Wildman–Crippen LogP) is 1.71. The van der Waals surface area contributed by atoms with Crippen LogP contribution in [-0.2, 0) is 11.3 Å². The van der Waals surface area contributed by atoms with Crippen LogP contribution in [0.2, 0.25) is 0 Å². The Bertz CT molecular complexity index is 393. The highest BCUT2D eigenvalue weighted by molar-refractivity contribution is 7.80. The lowest BCUT2D eigenvalue weighted by molar-refractivity contribution is 0.158. The smallest absolute Gasteiger partial charge is 0.103 e. The van der Waals surface area contributed by atoms with Crippen molar-refractivity contribution in [3.8, 4) is 0 Å². The van der Waals surface area contributed by atoms with Gasteiger partial charge in [-0.25, -0.2) is 0 Å². The first kappa shape index (κ1) is 14.1. The van der Waals surface area contributed by atoms with Gasteiger partial charge in [0.2, 0.25) is 0 Å². The van der Waals surface area contributed by atoms with E-state index in [-0.39, 0.29) is 0 Å². The van der Waals surface area contributed by atoms with Crippen molar-refractivity contribution in [1.29, 1.82) is 0 Å². The van der Waals surface area contributed by atoms with Gasteiger partial charge in [-0.05, 0) is 31.2 Å². The Labute approximate surface area is 109 Å². The summed E-state index contributed by atoms with van der Waals surface area (Å²) in [6, 6.07) is 6.11. The van der Waals surface area contributed by atoms with Crippen LogP contribution in [-0.4, -0.2) is 37.2 Å². The molecule has 2 N–H and O–H groups in total. The van der Waals surface area contributed by atoms with Gasteiger partial charge < -0.3 is 10.5 Å². The summed E-state index contributed by atoms with van der Waals surface area (Å²) in [5.74, 6) is 0. The Morgan fingerprint density at radius 3 is 2.71 bits per heavy atom. The summed E-state index contributed by atoms with van der Waals surface area (Å²) in [5, 5.41) is 0. The van der Waals surface area contributed by atoms with E-state index in [9.17, 15) is 0 Å². The molecule has 0 heterocycles. The highest BCUT2D eigenvalue weighted by Crippen LogP contribution is 2.13. The number of hydrogen-bond donors (Lipinski definition) is 1. The lowest BCUT2D eigenvalue weighted by Gasteiger charge is -2.17. The summed E-state index contributed by atoms with van der Waals surface area (Å²) in [7, 11) is 3.80. The van der Waals surface area contributed by atoms with Gasteiger partial charge in [-0.3, -0.25) is 4.90 Å². The third-order valence-electron chi connectivity index (χ3n) is 2.74. The number of nitrogens with two attached hydrogens (primary N) is 1. The Kier molecular flexibility index (Phi) is 5.55. The third-order valence-corrected chi connectivity index (χ3v) is 2.98. The number of hydrogen-bond acceptors (Lipinski definition) is 3. The Morgan fingerprint density at radius 2 is 2.18 bits per heavy atom. The van der Waals surface area contributed by atoms with E-state index < -0.39 is 0 Å². The zero-order chi connectivity index (χ0) is 12.8. The van der Waals surface area contributed by atoms with E-state index in [0.717, 1.165) is 25.3 Å². The number of aryl methyl sites for hydroxylation is 1. The van der Waals surface area contributed by atoms with Crippen molar-refractivity contribution in [3.05, 3.63) is 34.9 Å². The van der Waals surface area contributed by atoms with Gasteiger partial charge in [-0.2, -0.15) is 0 Å².